The van der Waals surface area contributed by atoms with Gasteiger partial charge >= 0.3 is 11.8 Å². The number of anilines is 1. The van der Waals surface area contributed by atoms with Crippen molar-refractivity contribution in [1.29, 1.82) is 0 Å². The van der Waals surface area contributed by atoms with Gasteiger partial charge in [-0.15, -0.1) is 5.10 Å². The molecule has 2 amide bonds. The van der Waals surface area contributed by atoms with Gasteiger partial charge in [0.05, 0.1) is 5.69 Å². The maximum Gasteiger partial charge on any atom is 0.311 e. The highest BCUT2D eigenvalue weighted by Gasteiger charge is 2.30. The Morgan fingerprint density at radius 1 is 1.00 bits per heavy atom. The summed E-state index contributed by atoms with van der Waals surface area (Å²) in [7, 11) is 0. The van der Waals surface area contributed by atoms with E-state index in [0.717, 1.165) is 43.7 Å². The first-order valence-electron chi connectivity index (χ1n) is 10.6. The Balaban J connectivity index is 1.28. The maximum absolute atomic E-state index is 12.7. The van der Waals surface area contributed by atoms with E-state index in [1.807, 2.05) is 31.2 Å². The summed E-state index contributed by atoms with van der Waals surface area (Å²) in [5.74, 6) is 0.307. The van der Waals surface area contributed by atoms with Gasteiger partial charge in [0.1, 0.15) is 0 Å². The molecule has 2 aromatic rings. The second-order valence-corrected chi connectivity index (χ2v) is 8.14. The summed E-state index contributed by atoms with van der Waals surface area (Å²) in [4.78, 5) is 33.1. The summed E-state index contributed by atoms with van der Waals surface area (Å²) in [6.45, 7) is 4.63. The van der Waals surface area contributed by atoms with Crippen LogP contribution < -0.4 is 10.2 Å². The van der Waals surface area contributed by atoms with Crippen LogP contribution in [0, 0.1) is 6.92 Å². The topological polar surface area (TPSA) is 91.3 Å². The van der Waals surface area contributed by atoms with E-state index in [1.165, 1.54) is 5.56 Å². The first kappa shape index (κ1) is 20.3. The normalized spacial score (nSPS) is 20.1. The van der Waals surface area contributed by atoms with Crippen LogP contribution in [0.1, 0.15) is 42.9 Å². The van der Waals surface area contributed by atoms with Crippen LogP contribution in [0.5, 0.6) is 0 Å². The third-order valence-electron chi connectivity index (χ3n) is 6.02. The van der Waals surface area contributed by atoms with E-state index in [-0.39, 0.29) is 6.04 Å². The van der Waals surface area contributed by atoms with Crippen LogP contribution >= 0.6 is 0 Å². The number of pyridine rings is 1. The number of rotatable bonds is 3. The molecular weight excluding hydrogens is 380 g/mol. The molecule has 1 N–H and O–H groups in total. The highest BCUT2D eigenvalue weighted by Crippen LogP contribution is 2.27. The maximum atomic E-state index is 12.7. The van der Waals surface area contributed by atoms with Crippen molar-refractivity contribution in [2.24, 2.45) is 0 Å². The molecule has 0 radical (unpaired) electrons. The molecule has 2 saturated heterocycles. The van der Waals surface area contributed by atoms with Crippen molar-refractivity contribution < 1.29 is 9.59 Å². The molecule has 0 aliphatic carbocycles. The quantitative estimate of drug-likeness (QED) is 0.777. The van der Waals surface area contributed by atoms with Crippen molar-refractivity contribution in [3.05, 3.63) is 47.9 Å². The Morgan fingerprint density at radius 2 is 1.77 bits per heavy atom. The average molecular weight is 409 g/mol. The van der Waals surface area contributed by atoms with Gasteiger partial charge in [-0.2, -0.15) is 5.10 Å². The number of amides is 2. The number of aromatic nitrogens is 3. The van der Waals surface area contributed by atoms with E-state index in [2.05, 4.69) is 25.4 Å². The van der Waals surface area contributed by atoms with E-state index in [9.17, 15) is 9.59 Å². The molecule has 1 unspecified atom stereocenters. The third kappa shape index (κ3) is 4.75. The number of nitrogens with one attached hydrogen (secondary N) is 1. The molecule has 0 saturated carbocycles. The highest BCUT2D eigenvalue weighted by molar-refractivity contribution is 6.35. The van der Waals surface area contributed by atoms with Gasteiger partial charge in [-0.3, -0.25) is 14.6 Å². The number of likely N-dealkylation sites (tertiary alicyclic amines) is 1. The van der Waals surface area contributed by atoms with Crippen LogP contribution in [-0.2, 0) is 9.59 Å². The van der Waals surface area contributed by atoms with Gasteiger partial charge in [0.25, 0.3) is 0 Å². The number of piperidine rings is 2. The van der Waals surface area contributed by atoms with Crippen LogP contribution in [0.4, 0.5) is 5.82 Å². The van der Waals surface area contributed by atoms with Gasteiger partial charge in [-0.1, -0.05) is 0 Å². The standard InChI is InChI=1S/C22H28N6O2/c1-16-4-5-20(26-25-16)28-12-2-3-19(15-28)24-21(29)22(30)27-13-8-18(9-14-27)17-6-10-23-11-7-17/h4-7,10-11,18-19H,2-3,8-9,12-15H2,1H3,(H,24,29). The fourth-order valence-corrected chi connectivity index (χ4v) is 4.31. The fourth-order valence-electron chi connectivity index (χ4n) is 4.31. The molecule has 2 fully saturated rings. The molecule has 2 aromatic heterocycles. The first-order chi connectivity index (χ1) is 14.6. The highest BCUT2D eigenvalue weighted by atomic mass is 16.2. The van der Waals surface area contributed by atoms with Gasteiger partial charge < -0.3 is 15.1 Å². The van der Waals surface area contributed by atoms with Gasteiger partial charge in [0, 0.05) is 44.6 Å². The second kappa shape index (κ2) is 9.19. The Hall–Kier alpha value is -3.03. The van der Waals surface area contributed by atoms with Crippen molar-refractivity contribution in [1.82, 2.24) is 25.4 Å². The Bertz CT molecular complexity index is 865. The second-order valence-electron chi connectivity index (χ2n) is 8.14. The summed E-state index contributed by atoms with van der Waals surface area (Å²) in [5, 5.41) is 11.3. The molecule has 4 rings (SSSR count). The van der Waals surface area contributed by atoms with Crippen molar-refractivity contribution >= 4 is 17.6 Å². The molecule has 8 heteroatoms. The van der Waals surface area contributed by atoms with E-state index < -0.39 is 11.8 Å². The van der Waals surface area contributed by atoms with Crippen molar-refractivity contribution in [3.8, 4) is 0 Å². The molecule has 2 aliphatic heterocycles. The van der Waals surface area contributed by atoms with Crippen LogP contribution in [0.15, 0.2) is 36.7 Å². The van der Waals surface area contributed by atoms with Crippen molar-refractivity contribution in [3.63, 3.8) is 0 Å². The minimum Gasteiger partial charge on any atom is -0.353 e. The molecular formula is C22H28N6O2. The number of hydrogen-bond acceptors (Lipinski definition) is 6. The van der Waals surface area contributed by atoms with Crippen LogP contribution in [0.25, 0.3) is 0 Å². The predicted molar refractivity (Wildman–Crippen MR) is 113 cm³/mol. The van der Waals surface area contributed by atoms with E-state index in [1.54, 1.807) is 17.3 Å². The van der Waals surface area contributed by atoms with Gasteiger partial charge in [0.15, 0.2) is 5.82 Å². The Morgan fingerprint density at radius 3 is 2.47 bits per heavy atom. The molecule has 0 spiro atoms. The monoisotopic (exact) mass is 408 g/mol. The molecule has 0 bridgehead atoms. The summed E-state index contributed by atoms with van der Waals surface area (Å²) < 4.78 is 0. The zero-order valence-electron chi connectivity index (χ0n) is 17.3. The van der Waals surface area contributed by atoms with Crippen molar-refractivity contribution in [2.75, 3.05) is 31.1 Å². The largest absolute Gasteiger partial charge is 0.353 e. The average Bonchev–Trinajstić information content (AvgIpc) is 2.80. The number of aryl methyl sites for hydroxylation is 1. The molecule has 0 aromatic carbocycles. The zero-order chi connectivity index (χ0) is 20.9. The third-order valence-corrected chi connectivity index (χ3v) is 6.02. The lowest BCUT2D eigenvalue weighted by Gasteiger charge is -2.35. The summed E-state index contributed by atoms with van der Waals surface area (Å²) in [5.41, 5.74) is 2.13. The van der Waals surface area contributed by atoms with Gasteiger partial charge in [0.2, 0.25) is 0 Å². The Labute approximate surface area is 176 Å². The molecule has 158 valence electrons. The minimum absolute atomic E-state index is 0.0624. The number of carbonyl (C=O) groups excluding carboxylic acids is 2. The Kier molecular flexibility index (Phi) is 6.21. The van der Waals surface area contributed by atoms with E-state index in [0.29, 0.717) is 25.6 Å². The molecule has 2 aliphatic rings. The summed E-state index contributed by atoms with van der Waals surface area (Å²) in [6.07, 6.45) is 7.13. The number of carbonyl (C=O) groups is 2. The van der Waals surface area contributed by atoms with E-state index in [4.69, 9.17) is 0 Å². The predicted octanol–water partition coefficient (Wildman–Crippen LogP) is 1.67. The lowest BCUT2D eigenvalue weighted by Crippen LogP contribution is -2.53. The molecule has 8 nitrogen and oxygen atoms in total. The van der Waals surface area contributed by atoms with Gasteiger partial charge in [-0.05, 0) is 68.4 Å². The molecule has 1 atom stereocenters. The summed E-state index contributed by atoms with van der Waals surface area (Å²) in [6, 6.07) is 7.88. The fraction of sp³-hybridized carbons (Fsp3) is 0.500. The number of hydrogen-bond donors (Lipinski definition) is 1. The first-order valence-corrected chi connectivity index (χ1v) is 10.6. The zero-order valence-corrected chi connectivity index (χ0v) is 17.3. The lowest BCUT2D eigenvalue weighted by atomic mass is 9.90. The lowest BCUT2D eigenvalue weighted by molar-refractivity contribution is -0.147. The van der Waals surface area contributed by atoms with E-state index >= 15 is 0 Å². The molecule has 30 heavy (non-hydrogen) atoms. The van der Waals surface area contributed by atoms with Crippen LogP contribution in [0.3, 0.4) is 0 Å². The van der Waals surface area contributed by atoms with Crippen molar-refractivity contribution in [2.45, 2.75) is 44.6 Å². The minimum atomic E-state index is -0.501. The molecule has 4 heterocycles. The smallest absolute Gasteiger partial charge is 0.311 e. The van der Waals surface area contributed by atoms with Gasteiger partial charge in [-0.25, -0.2) is 0 Å². The summed E-state index contributed by atoms with van der Waals surface area (Å²) >= 11 is 0. The van der Waals surface area contributed by atoms with Crippen LogP contribution in [0.2, 0.25) is 0 Å². The van der Waals surface area contributed by atoms with Crippen LogP contribution in [-0.4, -0.2) is 64.1 Å². The number of nitrogens with zero attached hydrogens (tertiary/aromatic N) is 5. The SMILES string of the molecule is Cc1ccc(N2CCCC(NC(=O)C(=O)N3CCC(c4ccncc4)CC3)C2)nn1.